The highest BCUT2D eigenvalue weighted by molar-refractivity contribution is 7.98. The largest absolute Gasteiger partial charge is 0.306 e. The van der Waals surface area contributed by atoms with Crippen molar-refractivity contribution < 1.29 is 0 Å². The molecule has 0 radical (unpaired) electrons. The quantitative estimate of drug-likeness (QED) is 0.543. The van der Waals surface area contributed by atoms with Gasteiger partial charge in [-0.2, -0.15) is 0 Å². The Morgan fingerprint density at radius 1 is 1.00 bits per heavy atom. The predicted octanol–water partition coefficient (Wildman–Crippen LogP) is 5.22. The Morgan fingerprint density at radius 3 is 2.54 bits per heavy atom. The highest BCUT2D eigenvalue weighted by Gasteiger charge is 2.12. The lowest BCUT2D eigenvalue weighted by molar-refractivity contribution is 0.598. The van der Waals surface area contributed by atoms with Crippen LogP contribution in [0.2, 0.25) is 5.02 Å². The second kappa shape index (κ2) is 8.36. The van der Waals surface area contributed by atoms with Crippen molar-refractivity contribution >= 4 is 23.4 Å². The maximum absolute atomic E-state index is 6.06. The Morgan fingerprint density at radius 2 is 1.79 bits per heavy atom. The molecule has 1 heterocycles. The van der Waals surface area contributed by atoms with Gasteiger partial charge in [-0.3, -0.25) is 0 Å². The van der Waals surface area contributed by atoms with Crippen LogP contribution in [0.3, 0.4) is 0 Å². The van der Waals surface area contributed by atoms with Crippen LogP contribution < -0.4 is 0 Å². The summed E-state index contributed by atoms with van der Waals surface area (Å²) >= 11 is 7.77. The van der Waals surface area contributed by atoms with E-state index in [1.165, 1.54) is 11.1 Å². The van der Waals surface area contributed by atoms with Crippen LogP contribution in [0.25, 0.3) is 0 Å². The zero-order chi connectivity index (χ0) is 16.8. The summed E-state index contributed by atoms with van der Waals surface area (Å²) in [5, 5.41) is 10.6. The average molecular weight is 358 g/mol. The Bertz CT molecular complexity index is 786. The minimum atomic E-state index is 0.771. The number of nitrogens with zero attached hydrogens (tertiary/aromatic N) is 3. The van der Waals surface area contributed by atoms with Crippen LogP contribution in [0, 0.1) is 0 Å². The van der Waals surface area contributed by atoms with Crippen molar-refractivity contribution in [3.63, 3.8) is 0 Å². The molecule has 124 valence electrons. The Labute approximate surface area is 152 Å². The van der Waals surface area contributed by atoms with E-state index in [1.54, 1.807) is 11.8 Å². The molecule has 0 amide bonds. The molecule has 0 atom stereocenters. The van der Waals surface area contributed by atoms with Crippen LogP contribution in [0.4, 0.5) is 0 Å². The zero-order valence-electron chi connectivity index (χ0n) is 13.7. The van der Waals surface area contributed by atoms with Crippen LogP contribution in [0.15, 0.2) is 59.8 Å². The minimum Gasteiger partial charge on any atom is -0.306 e. The first-order valence-electron chi connectivity index (χ1n) is 8.09. The van der Waals surface area contributed by atoms with Crippen LogP contribution in [-0.4, -0.2) is 14.8 Å². The van der Waals surface area contributed by atoms with E-state index in [2.05, 4.69) is 52.0 Å². The highest BCUT2D eigenvalue weighted by Crippen LogP contribution is 2.24. The molecular formula is C19H20ClN3S. The second-order valence-electron chi connectivity index (χ2n) is 5.63. The molecule has 0 fully saturated rings. The molecular weight excluding hydrogens is 338 g/mol. The molecule has 5 heteroatoms. The third-order valence-electron chi connectivity index (χ3n) is 3.70. The monoisotopic (exact) mass is 357 g/mol. The lowest BCUT2D eigenvalue weighted by Crippen LogP contribution is -2.05. The van der Waals surface area contributed by atoms with Crippen LogP contribution in [0.5, 0.6) is 0 Å². The van der Waals surface area contributed by atoms with Crippen molar-refractivity contribution in [3.8, 4) is 0 Å². The summed E-state index contributed by atoms with van der Waals surface area (Å²) in [5.74, 6) is 1.87. The molecule has 0 aliphatic carbocycles. The van der Waals surface area contributed by atoms with E-state index in [0.29, 0.717) is 0 Å². The molecule has 24 heavy (non-hydrogen) atoms. The fraction of sp³-hybridized carbons (Fsp3) is 0.263. The van der Waals surface area contributed by atoms with E-state index in [-0.39, 0.29) is 0 Å². The second-order valence-corrected chi connectivity index (χ2v) is 7.01. The SMILES string of the molecule is CCCn1c(Cc2ccccc2)nnc1SCc1cccc(Cl)c1. The predicted molar refractivity (Wildman–Crippen MR) is 101 cm³/mol. The van der Waals surface area contributed by atoms with Crippen molar-refractivity contribution in [2.45, 2.75) is 37.2 Å². The molecule has 0 N–H and O–H groups in total. The van der Waals surface area contributed by atoms with Gasteiger partial charge in [0.05, 0.1) is 0 Å². The summed E-state index contributed by atoms with van der Waals surface area (Å²) in [7, 11) is 0. The summed E-state index contributed by atoms with van der Waals surface area (Å²) in [4.78, 5) is 0. The summed E-state index contributed by atoms with van der Waals surface area (Å²) in [6, 6.07) is 18.4. The van der Waals surface area contributed by atoms with Crippen molar-refractivity contribution in [3.05, 3.63) is 76.6 Å². The van der Waals surface area contributed by atoms with Gasteiger partial charge in [0.2, 0.25) is 0 Å². The normalized spacial score (nSPS) is 10.9. The van der Waals surface area contributed by atoms with Gasteiger partial charge in [0.1, 0.15) is 5.82 Å². The number of rotatable bonds is 7. The van der Waals surface area contributed by atoms with Gasteiger partial charge in [0.15, 0.2) is 5.16 Å². The number of thioether (sulfide) groups is 1. The number of benzene rings is 2. The third-order valence-corrected chi connectivity index (χ3v) is 4.98. The lowest BCUT2D eigenvalue weighted by Gasteiger charge is -2.09. The average Bonchev–Trinajstić information content (AvgIpc) is 2.96. The fourth-order valence-electron chi connectivity index (χ4n) is 2.56. The number of aromatic nitrogens is 3. The van der Waals surface area contributed by atoms with Gasteiger partial charge in [-0.15, -0.1) is 10.2 Å². The topological polar surface area (TPSA) is 30.7 Å². The first-order chi connectivity index (χ1) is 11.8. The molecule has 0 spiro atoms. The molecule has 0 bridgehead atoms. The maximum Gasteiger partial charge on any atom is 0.191 e. The standard InChI is InChI=1S/C19H20ClN3S/c1-2-11-23-18(13-15-7-4-3-5-8-15)21-22-19(23)24-14-16-9-6-10-17(20)12-16/h3-10,12H,2,11,13-14H2,1H3. The smallest absolute Gasteiger partial charge is 0.191 e. The van der Waals surface area contributed by atoms with Gasteiger partial charge in [0.25, 0.3) is 0 Å². The molecule has 3 rings (SSSR count). The van der Waals surface area contributed by atoms with Crippen LogP contribution in [0.1, 0.15) is 30.3 Å². The molecule has 0 unspecified atom stereocenters. The Balaban J connectivity index is 1.75. The van der Waals surface area contributed by atoms with E-state index < -0.39 is 0 Å². The first kappa shape index (κ1) is 17.1. The van der Waals surface area contributed by atoms with E-state index in [4.69, 9.17) is 11.6 Å². The lowest BCUT2D eigenvalue weighted by atomic mass is 10.1. The zero-order valence-corrected chi connectivity index (χ0v) is 15.2. The van der Waals surface area contributed by atoms with E-state index in [0.717, 1.165) is 41.1 Å². The molecule has 0 aliphatic rings. The summed E-state index contributed by atoms with van der Waals surface area (Å²) in [6.07, 6.45) is 1.87. The Kier molecular flexibility index (Phi) is 5.94. The third kappa shape index (κ3) is 4.40. The fourth-order valence-corrected chi connectivity index (χ4v) is 3.70. The highest BCUT2D eigenvalue weighted by atomic mass is 35.5. The summed E-state index contributed by atoms with van der Waals surface area (Å²) in [6.45, 7) is 3.12. The van der Waals surface area contributed by atoms with Gasteiger partial charge in [0, 0.05) is 23.7 Å². The number of halogens is 1. The number of hydrogen-bond donors (Lipinski definition) is 0. The maximum atomic E-state index is 6.06. The van der Waals surface area contributed by atoms with Gasteiger partial charge in [-0.1, -0.05) is 72.8 Å². The van der Waals surface area contributed by atoms with Gasteiger partial charge in [-0.05, 0) is 29.7 Å². The van der Waals surface area contributed by atoms with Gasteiger partial charge < -0.3 is 4.57 Å². The van der Waals surface area contributed by atoms with Gasteiger partial charge >= 0.3 is 0 Å². The van der Waals surface area contributed by atoms with E-state index >= 15 is 0 Å². The van der Waals surface area contributed by atoms with Crippen molar-refractivity contribution in [1.29, 1.82) is 0 Å². The molecule has 0 saturated heterocycles. The molecule has 2 aromatic carbocycles. The minimum absolute atomic E-state index is 0.771. The molecule has 3 aromatic rings. The van der Waals surface area contributed by atoms with Crippen LogP contribution in [-0.2, 0) is 18.7 Å². The summed E-state index contributed by atoms with van der Waals surface area (Å²) < 4.78 is 2.24. The summed E-state index contributed by atoms with van der Waals surface area (Å²) in [5.41, 5.74) is 2.46. The molecule has 3 nitrogen and oxygen atoms in total. The van der Waals surface area contributed by atoms with E-state index in [1.807, 2.05) is 24.3 Å². The van der Waals surface area contributed by atoms with E-state index in [9.17, 15) is 0 Å². The number of hydrogen-bond acceptors (Lipinski definition) is 3. The Hall–Kier alpha value is -1.78. The van der Waals surface area contributed by atoms with Crippen molar-refractivity contribution in [2.24, 2.45) is 0 Å². The van der Waals surface area contributed by atoms with Crippen LogP contribution >= 0.6 is 23.4 Å². The molecule has 1 aromatic heterocycles. The van der Waals surface area contributed by atoms with Crippen molar-refractivity contribution in [1.82, 2.24) is 14.8 Å². The first-order valence-corrected chi connectivity index (χ1v) is 9.46. The van der Waals surface area contributed by atoms with Crippen molar-refractivity contribution in [2.75, 3.05) is 0 Å². The molecule has 0 aliphatic heterocycles. The van der Waals surface area contributed by atoms with Gasteiger partial charge in [-0.25, -0.2) is 0 Å². The molecule has 0 saturated carbocycles.